The van der Waals surface area contributed by atoms with Crippen LogP contribution in [0.3, 0.4) is 0 Å². The summed E-state index contributed by atoms with van der Waals surface area (Å²) in [5, 5.41) is 4.69. The number of benzene rings is 1. The van der Waals surface area contributed by atoms with Gasteiger partial charge in [0, 0.05) is 18.4 Å². The van der Waals surface area contributed by atoms with Crippen molar-refractivity contribution in [3.8, 4) is 0 Å². The molecule has 0 aliphatic rings. The number of thioether (sulfide) groups is 1. The Labute approximate surface area is 109 Å². The van der Waals surface area contributed by atoms with Crippen molar-refractivity contribution in [1.29, 1.82) is 0 Å². The third-order valence-corrected chi connectivity index (χ3v) is 4.52. The summed E-state index contributed by atoms with van der Waals surface area (Å²) in [5.41, 5.74) is 1.94. The number of hydrogen-bond acceptors (Lipinski definition) is 3. The Kier molecular flexibility index (Phi) is 4.23. The van der Waals surface area contributed by atoms with Crippen LogP contribution in [0.25, 0.3) is 0 Å². The zero-order valence-corrected chi connectivity index (χ0v) is 11.1. The van der Waals surface area contributed by atoms with Crippen molar-refractivity contribution >= 4 is 29.0 Å². The summed E-state index contributed by atoms with van der Waals surface area (Å²) >= 11 is 3.57. The average Bonchev–Trinajstić information content (AvgIpc) is 2.89. The first kappa shape index (κ1) is 12.2. The fraction of sp³-hybridized carbons (Fsp3) is 0.154. The Morgan fingerprint density at radius 1 is 1.29 bits per heavy atom. The molecule has 1 amide bonds. The Hall–Kier alpha value is -1.26. The molecular weight excluding hydrogens is 250 g/mol. The van der Waals surface area contributed by atoms with E-state index in [4.69, 9.17) is 0 Å². The number of hydrogen-bond donors (Lipinski definition) is 1. The molecule has 0 saturated heterocycles. The second kappa shape index (κ2) is 5.89. The van der Waals surface area contributed by atoms with E-state index in [0.29, 0.717) is 5.56 Å². The molecule has 2 aromatic rings. The molecule has 88 valence electrons. The first-order valence-corrected chi connectivity index (χ1v) is 7.13. The van der Waals surface area contributed by atoms with Crippen LogP contribution >= 0.6 is 23.1 Å². The molecule has 1 aromatic heterocycles. The van der Waals surface area contributed by atoms with Crippen LogP contribution in [0.1, 0.15) is 15.9 Å². The zero-order chi connectivity index (χ0) is 12.1. The van der Waals surface area contributed by atoms with E-state index in [1.807, 2.05) is 36.0 Å². The van der Waals surface area contributed by atoms with Gasteiger partial charge < -0.3 is 5.32 Å². The topological polar surface area (TPSA) is 29.1 Å². The molecule has 0 bridgehead atoms. The molecule has 0 spiro atoms. The second-order valence-electron chi connectivity index (χ2n) is 3.50. The Bertz CT molecular complexity index is 477. The van der Waals surface area contributed by atoms with Gasteiger partial charge in [0.1, 0.15) is 0 Å². The van der Waals surface area contributed by atoms with E-state index in [0.717, 1.165) is 5.75 Å². The predicted octanol–water partition coefficient (Wildman–Crippen LogP) is 3.40. The number of amides is 1. The van der Waals surface area contributed by atoms with Crippen LogP contribution in [0.4, 0.5) is 0 Å². The number of nitrogens with one attached hydrogen (secondary N) is 1. The Morgan fingerprint density at radius 3 is 2.65 bits per heavy atom. The van der Waals surface area contributed by atoms with Gasteiger partial charge in [0.25, 0.3) is 5.91 Å². The fourth-order valence-electron chi connectivity index (χ4n) is 1.40. The van der Waals surface area contributed by atoms with Crippen molar-refractivity contribution in [2.75, 3.05) is 7.05 Å². The van der Waals surface area contributed by atoms with Gasteiger partial charge in [0.2, 0.25) is 0 Å². The van der Waals surface area contributed by atoms with Gasteiger partial charge in [0.15, 0.2) is 0 Å². The van der Waals surface area contributed by atoms with Gasteiger partial charge >= 0.3 is 0 Å². The van der Waals surface area contributed by atoms with Gasteiger partial charge in [-0.1, -0.05) is 18.2 Å². The normalized spacial score (nSPS) is 10.2. The third-order valence-electron chi connectivity index (χ3n) is 2.32. The lowest BCUT2D eigenvalue weighted by atomic mass is 10.1. The maximum Gasteiger partial charge on any atom is 0.251 e. The first-order valence-electron chi connectivity index (χ1n) is 5.27. The monoisotopic (exact) mass is 263 g/mol. The smallest absolute Gasteiger partial charge is 0.251 e. The maximum atomic E-state index is 11.4. The predicted molar refractivity (Wildman–Crippen MR) is 73.7 cm³/mol. The van der Waals surface area contributed by atoms with E-state index in [-0.39, 0.29) is 5.91 Å². The van der Waals surface area contributed by atoms with Crippen LogP contribution in [-0.4, -0.2) is 13.0 Å². The molecule has 2 rings (SSSR count). The molecule has 4 heteroatoms. The lowest BCUT2D eigenvalue weighted by Gasteiger charge is -2.02. The Balaban J connectivity index is 1.96. The fourth-order valence-corrected chi connectivity index (χ4v) is 3.14. The van der Waals surface area contributed by atoms with E-state index in [1.54, 1.807) is 18.4 Å². The van der Waals surface area contributed by atoms with Crippen LogP contribution in [-0.2, 0) is 5.75 Å². The largest absolute Gasteiger partial charge is 0.355 e. The summed E-state index contributed by atoms with van der Waals surface area (Å²) in [6, 6.07) is 11.9. The highest BCUT2D eigenvalue weighted by atomic mass is 32.2. The van der Waals surface area contributed by atoms with E-state index >= 15 is 0 Å². The van der Waals surface area contributed by atoms with Crippen molar-refractivity contribution < 1.29 is 4.79 Å². The van der Waals surface area contributed by atoms with Gasteiger partial charge in [-0.25, -0.2) is 0 Å². The van der Waals surface area contributed by atoms with Crippen LogP contribution in [0.15, 0.2) is 46.0 Å². The van der Waals surface area contributed by atoms with Gasteiger partial charge in [-0.05, 0) is 29.1 Å². The molecule has 0 radical (unpaired) electrons. The molecule has 17 heavy (non-hydrogen) atoms. The van der Waals surface area contributed by atoms with Crippen LogP contribution in [0.5, 0.6) is 0 Å². The molecule has 1 N–H and O–H groups in total. The van der Waals surface area contributed by atoms with Crippen molar-refractivity contribution in [3.63, 3.8) is 0 Å². The number of thiophene rings is 1. The SMILES string of the molecule is CNC(=O)c1ccc(CSc2cccs2)cc1. The molecule has 0 aliphatic carbocycles. The first-order chi connectivity index (χ1) is 8.29. The van der Waals surface area contributed by atoms with Gasteiger partial charge in [-0.15, -0.1) is 23.1 Å². The van der Waals surface area contributed by atoms with Crippen molar-refractivity contribution in [2.24, 2.45) is 0 Å². The summed E-state index contributed by atoms with van der Waals surface area (Å²) in [6.45, 7) is 0. The van der Waals surface area contributed by atoms with E-state index in [9.17, 15) is 4.79 Å². The summed E-state index contributed by atoms with van der Waals surface area (Å²) < 4.78 is 1.32. The van der Waals surface area contributed by atoms with Crippen molar-refractivity contribution in [1.82, 2.24) is 5.32 Å². The summed E-state index contributed by atoms with van der Waals surface area (Å²) in [7, 11) is 1.64. The maximum absolute atomic E-state index is 11.4. The van der Waals surface area contributed by atoms with Crippen molar-refractivity contribution in [2.45, 2.75) is 9.96 Å². The summed E-state index contributed by atoms with van der Waals surface area (Å²) in [5.74, 6) is 0.900. The number of rotatable bonds is 4. The molecule has 0 unspecified atom stereocenters. The Morgan fingerprint density at radius 2 is 2.06 bits per heavy atom. The highest BCUT2D eigenvalue weighted by molar-refractivity contribution is 8.00. The highest BCUT2D eigenvalue weighted by Gasteiger charge is 2.02. The molecule has 0 fully saturated rings. The molecule has 0 saturated carbocycles. The van der Waals surface area contributed by atoms with E-state index in [1.165, 1.54) is 9.77 Å². The van der Waals surface area contributed by atoms with Gasteiger partial charge in [0.05, 0.1) is 4.21 Å². The van der Waals surface area contributed by atoms with Crippen LogP contribution in [0, 0.1) is 0 Å². The molecule has 2 nitrogen and oxygen atoms in total. The minimum Gasteiger partial charge on any atom is -0.355 e. The van der Waals surface area contributed by atoms with Crippen molar-refractivity contribution in [3.05, 3.63) is 52.9 Å². The highest BCUT2D eigenvalue weighted by Crippen LogP contribution is 2.26. The number of carbonyl (C=O) groups is 1. The molecule has 1 heterocycles. The quantitative estimate of drug-likeness (QED) is 0.857. The molecule has 1 aromatic carbocycles. The van der Waals surface area contributed by atoms with Gasteiger partial charge in [-0.2, -0.15) is 0 Å². The molecule has 0 atom stereocenters. The van der Waals surface area contributed by atoms with E-state index in [2.05, 4.69) is 22.8 Å². The standard InChI is InChI=1S/C13H13NOS2/c1-14-13(15)11-6-4-10(5-7-11)9-17-12-3-2-8-16-12/h2-8H,9H2,1H3,(H,14,15). The second-order valence-corrected chi connectivity index (χ2v) is 5.72. The zero-order valence-electron chi connectivity index (χ0n) is 9.47. The summed E-state index contributed by atoms with van der Waals surface area (Å²) in [4.78, 5) is 11.4. The summed E-state index contributed by atoms with van der Waals surface area (Å²) in [6.07, 6.45) is 0. The van der Waals surface area contributed by atoms with Crippen LogP contribution in [0.2, 0.25) is 0 Å². The molecular formula is C13H13NOS2. The average molecular weight is 263 g/mol. The van der Waals surface area contributed by atoms with Crippen LogP contribution < -0.4 is 5.32 Å². The lowest BCUT2D eigenvalue weighted by molar-refractivity contribution is 0.0963. The molecule has 0 aliphatic heterocycles. The van der Waals surface area contributed by atoms with E-state index < -0.39 is 0 Å². The minimum atomic E-state index is -0.0394. The third kappa shape index (κ3) is 3.35. The lowest BCUT2D eigenvalue weighted by Crippen LogP contribution is -2.17. The minimum absolute atomic E-state index is 0.0394. The number of carbonyl (C=O) groups excluding carboxylic acids is 1. The van der Waals surface area contributed by atoms with Gasteiger partial charge in [-0.3, -0.25) is 4.79 Å².